The summed E-state index contributed by atoms with van der Waals surface area (Å²) >= 11 is 0. The van der Waals surface area contributed by atoms with E-state index in [0.29, 0.717) is 12.5 Å². The second-order valence-electron chi connectivity index (χ2n) is 5.30. The van der Waals surface area contributed by atoms with Crippen molar-refractivity contribution in [1.82, 2.24) is 4.90 Å². The highest BCUT2D eigenvalue weighted by Crippen LogP contribution is 2.21. The van der Waals surface area contributed by atoms with E-state index in [4.69, 9.17) is 5.11 Å². The Morgan fingerprint density at radius 3 is 2.81 bits per heavy atom. The zero-order valence-corrected chi connectivity index (χ0v) is 10.6. The summed E-state index contributed by atoms with van der Waals surface area (Å²) in [5.41, 5.74) is 0. The molecule has 0 spiro atoms. The van der Waals surface area contributed by atoms with E-state index in [1.165, 1.54) is 25.7 Å². The summed E-state index contributed by atoms with van der Waals surface area (Å²) < 4.78 is 0. The molecule has 0 aromatic rings. The first-order valence-electron chi connectivity index (χ1n) is 6.55. The smallest absolute Gasteiger partial charge is 0.303 e. The van der Waals surface area contributed by atoms with Crippen molar-refractivity contribution < 1.29 is 9.90 Å². The fourth-order valence-electron chi connectivity index (χ4n) is 2.40. The molecule has 0 aromatic carbocycles. The second-order valence-corrected chi connectivity index (χ2v) is 5.30. The molecule has 0 bridgehead atoms. The molecule has 0 radical (unpaired) electrons. The molecule has 0 aliphatic carbocycles. The van der Waals surface area contributed by atoms with Gasteiger partial charge in [-0.25, -0.2) is 0 Å². The summed E-state index contributed by atoms with van der Waals surface area (Å²) in [6, 6.07) is 0.517. The van der Waals surface area contributed by atoms with Gasteiger partial charge in [0.05, 0.1) is 0 Å². The van der Waals surface area contributed by atoms with Crippen molar-refractivity contribution in [3.05, 3.63) is 0 Å². The second kappa shape index (κ2) is 6.89. The van der Waals surface area contributed by atoms with Crippen LogP contribution < -0.4 is 0 Å². The Balaban J connectivity index is 2.34. The Hall–Kier alpha value is -0.570. The highest BCUT2D eigenvalue weighted by atomic mass is 16.4. The zero-order valence-electron chi connectivity index (χ0n) is 10.6. The Kier molecular flexibility index (Phi) is 5.81. The van der Waals surface area contributed by atoms with Crippen LogP contribution >= 0.6 is 0 Å². The van der Waals surface area contributed by atoms with Crippen molar-refractivity contribution in [3.63, 3.8) is 0 Å². The van der Waals surface area contributed by atoms with Gasteiger partial charge < -0.3 is 10.0 Å². The molecule has 1 unspecified atom stereocenters. The molecule has 1 rings (SSSR count). The molecule has 1 atom stereocenters. The lowest BCUT2D eigenvalue weighted by Gasteiger charge is -2.36. The zero-order chi connectivity index (χ0) is 12.0. The van der Waals surface area contributed by atoms with Crippen molar-refractivity contribution in [3.8, 4) is 0 Å². The van der Waals surface area contributed by atoms with E-state index >= 15 is 0 Å². The number of hydrogen-bond acceptors (Lipinski definition) is 2. The first-order chi connectivity index (χ1) is 7.59. The van der Waals surface area contributed by atoms with Gasteiger partial charge in [-0.15, -0.1) is 0 Å². The number of likely N-dealkylation sites (tertiary alicyclic amines) is 1. The number of carboxylic acids is 1. The van der Waals surface area contributed by atoms with Gasteiger partial charge in [-0.05, 0) is 44.7 Å². The van der Waals surface area contributed by atoms with E-state index in [0.717, 1.165) is 25.4 Å². The van der Waals surface area contributed by atoms with E-state index in [1.807, 2.05) is 0 Å². The molecule has 1 heterocycles. The maximum Gasteiger partial charge on any atom is 0.303 e. The summed E-state index contributed by atoms with van der Waals surface area (Å²) in [4.78, 5) is 13.1. The fourth-order valence-corrected chi connectivity index (χ4v) is 2.40. The molecular formula is C13H25NO2. The Labute approximate surface area is 98.8 Å². The number of piperidine rings is 1. The monoisotopic (exact) mass is 227 g/mol. The van der Waals surface area contributed by atoms with Crippen LogP contribution in [-0.2, 0) is 4.79 Å². The Morgan fingerprint density at radius 2 is 2.19 bits per heavy atom. The summed E-state index contributed by atoms with van der Waals surface area (Å²) in [5.74, 6) is 0.0800. The fraction of sp³-hybridized carbons (Fsp3) is 0.923. The van der Waals surface area contributed by atoms with Crippen molar-refractivity contribution in [2.75, 3.05) is 13.1 Å². The van der Waals surface area contributed by atoms with Crippen molar-refractivity contribution >= 4 is 5.97 Å². The van der Waals surface area contributed by atoms with Crippen LogP contribution in [0.4, 0.5) is 0 Å². The quantitative estimate of drug-likeness (QED) is 0.758. The molecule has 1 N–H and O–H groups in total. The van der Waals surface area contributed by atoms with E-state index in [9.17, 15) is 4.79 Å². The Bertz CT molecular complexity index is 216. The van der Waals surface area contributed by atoms with Gasteiger partial charge in [0, 0.05) is 12.5 Å². The lowest BCUT2D eigenvalue weighted by molar-refractivity contribution is -0.137. The molecule has 0 amide bonds. The van der Waals surface area contributed by atoms with Gasteiger partial charge in [0.25, 0.3) is 0 Å². The van der Waals surface area contributed by atoms with E-state index in [2.05, 4.69) is 18.7 Å². The molecule has 16 heavy (non-hydrogen) atoms. The van der Waals surface area contributed by atoms with Gasteiger partial charge in [-0.2, -0.15) is 0 Å². The molecule has 94 valence electrons. The predicted molar refractivity (Wildman–Crippen MR) is 65.5 cm³/mol. The highest BCUT2D eigenvalue weighted by molar-refractivity contribution is 5.66. The first kappa shape index (κ1) is 13.5. The van der Waals surface area contributed by atoms with Crippen LogP contribution in [0.3, 0.4) is 0 Å². The van der Waals surface area contributed by atoms with E-state index in [-0.39, 0.29) is 0 Å². The average molecular weight is 227 g/mol. The molecule has 1 saturated heterocycles. The normalized spacial score (nSPS) is 22.6. The van der Waals surface area contributed by atoms with E-state index < -0.39 is 5.97 Å². The van der Waals surface area contributed by atoms with Crippen molar-refractivity contribution in [1.29, 1.82) is 0 Å². The number of nitrogens with zero attached hydrogens (tertiary/aromatic N) is 1. The highest BCUT2D eigenvalue weighted by Gasteiger charge is 2.22. The van der Waals surface area contributed by atoms with Gasteiger partial charge in [0.2, 0.25) is 0 Å². The lowest BCUT2D eigenvalue weighted by atomic mass is 9.97. The van der Waals surface area contributed by atoms with Gasteiger partial charge >= 0.3 is 5.97 Å². The molecule has 0 aromatic heterocycles. The van der Waals surface area contributed by atoms with Gasteiger partial charge in [0.1, 0.15) is 0 Å². The van der Waals surface area contributed by atoms with Crippen LogP contribution in [0, 0.1) is 5.92 Å². The molecule has 1 aliphatic heterocycles. The minimum absolute atomic E-state index is 0.322. The van der Waals surface area contributed by atoms with Crippen LogP contribution in [0.5, 0.6) is 0 Å². The predicted octanol–water partition coefficient (Wildman–Crippen LogP) is 2.75. The number of carboxylic acid groups (broad SMARTS) is 1. The standard InChI is InChI=1S/C13H25NO2/c1-11(2)8-10-14-9-4-3-5-12(14)6-7-13(15)16/h11-12H,3-10H2,1-2H3,(H,15,16). The lowest BCUT2D eigenvalue weighted by Crippen LogP contribution is -2.40. The molecule has 1 fully saturated rings. The van der Waals surface area contributed by atoms with Crippen LogP contribution in [0.15, 0.2) is 0 Å². The summed E-state index contributed by atoms with van der Waals surface area (Å²) in [5, 5.41) is 8.73. The van der Waals surface area contributed by atoms with Crippen LogP contribution in [0.25, 0.3) is 0 Å². The van der Waals surface area contributed by atoms with Gasteiger partial charge in [-0.3, -0.25) is 4.79 Å². The third-order valence-electron chi connectivity index (χ3n) is 3.43. The molecule has 1 aliphatic rings. The third kappa shape index (κ3) is 4.97. The number of aliphatic carboxylic acids is 1. The summed E-state index contributed by atoms with van der Waals surface area (Å²) in [7, 11) is 0. The molecule has 3 heteroatoms. The topological polar surface area (TPSA) is 40.5 Å². The maximum absolute atomic E-state index is 10.6. The first-order valence-corrected chi connectivity index (χ1v) is 6.55. The maximum atomic E-state index is 10.6. The minimum atomic E-state index is -0.658. The number of rotatable bonds is 6. The summed E-state index contributed by atoms with van der Waals surface area (Å²) in [6.07, 6.45) is 6.11. The summed E-state index contributed by atoms with van der Waals surface area (Å²) in [6.45, 7) is 6.80. The minimum Gasteiger partial charge on any atom is -0.481 e. The van der Waals surface area contributed by atoms with Crippen molar-refractivity contribution in [2.45, 2.75) is 58.4 Å². The van der Waals surface area contributed by atoms with Crippen LogP contribution in [0.2, 0.25) is 0 Å². The SMILES string of the molecule is CC(C)CCN1CCCCC1CCC(=O)O. The van der Waals surface area contributed by atoms with E-state index in [1.54, 1.807) is 0 Å². The number of carbonyl (C=O) groups is 1. The molecule has 0 saturated carbocycles. The third-order valence-corrected chi connectivity index (χ3v) is 3.43. The van der Waals surface area contributed by atoms with Crippen LogP contribution in [0.1, 0.15) is 52.4 Å². The number of hydrogen-bond donors (Lipinski definition) is 1. The van der Waals surface area contributed by atoms with Gasteiger partial charge in [0.15, 0.2) is 0 Å². The van der Waals surface area contributed by atoms with Crippen LogP contribution in [-0.4, -0.2) is 35.1 Å². The van der Waals surface area contributed by atoms with Crippen molar-refractivity contribution in [2.24, 2.45) is 5.92 Å². The molecule has 3 nitrogen and oxygen atoms in total. The largest absolute Gasteiger partial charge is 0.481 e. The Morgan fingerprint density at radius 1 is 1.44 bits per heavy atom. The molecular weight excluding hydrogens is 202 g/mol. The van der Waals surface area contributed by atoms with Gasteiger partial charge in [-0.1, -0.05) is 20.3 Å². The average Bonchev–Trinajstić information content (AvgIpc) is 2.24.